The molecule has 3 heterocycles. The highest BCUT2D eigenvalue weighted by molar-refractivity contribution is 6.07. The molecule has 1 amide bonds. The molecule has 3 atom stereocenters. The Kier molecular flexibility index (Phi) is 4.40. The van der Waals surface area contributed by atoms with Crippen LogP contribution in [-0.2, 0) is 4.74 Å². The number of nitrogens with zero attached hydrogens (tertiary/aromatic N) is 3. The molecule has 26 heavy (non-hydrogen) atoms. The van der Waals surface area contributed by atoms with E-state index in [4.69, 9.17) is 4.74 Å². The van der Waals surface area contributed by atoms with Gasteiger partial charge < -0.3 is 19.7 Å². The minimum atomic E-state index is -0.218. The molecule has 0 spiro atoms. The third-order valence-electron chi connectivity index (χ3n) is 4.71. The maximum atomic E-state index is 12.4. The number of rotatable bonds is 4. The van der Waals surface area contributed by atoms with Crippen molar-refractivity contribution in [2.75, 3.05) is 11.9 Å². The van der Waals surface area contributed by atoms with E-state index in [2.05, 4.69) is 22.2 Å². The summed E-state index contributed by atoms with van der Waals surface area (Å²) in [5, 5.41) is 13.0. The number of hydrogen-bond acceptors (Lipinski definition) is 5. The average molecular weight is 352 g/mol. The molecule has 1 aliphatic rings. The van der Waals surface area contributed by atoms with Crippen molar-refractivity contribution in [3.63, 3.8) is 0 Å². The number of aliphatic hydroxyl groups excluding tert-OH is 1. The zero-order valence-electron chi connectivity index (χ0n) is 14.4. The molecule has 4 rings (SSSR count). The van der Waals surface area contributed by atoms with Crippen molar-refractivity contribution >= 4 is 22.8 Å². The van der Waals surface area contributed by atoms with Crippen LogP contribution < -0.4 is 5.32 Å². The van der Waals surface area contributed by atoms with Gasteiger partial charge in [0.15, 0.2) is 0 Å². The van der Waals surface area contributed by atoms with Crippen LogP contribution in [0.5, 0.6) is 0 Å². The maximum Gasteiger partial charge on any atom is 0.256 e. The third kappa shape index (κ3) is 2.95. The standard InChI is InChI=1S/C19H20N4O3/c1-12-9-14(10-24)26-19(12)23-8-7-15-16(20-11-21-17(15)23)22-18(25)13-5-3-2-4-6-13/h2-8,11-12,14,19,24H,9-10H2,1H3,(H,20,21,22,25)/t12-,14-,19+/m0/s1. The number of carbonyl (C=O) groups excluding carboxylic acids is 1. The van der Waals surface area contributed by atoms with Crippen LogP contribution in [0.3, 0.4) is 0 Å². The minimum Gasteiger partial charge on any atom is -0.394 e. The van der Waals surface area contributed by atoms with Crippen LogP contribution in [-0.4, -0.2) is 38.3 Å². The number of hydrogen-bond donors (Lipinski definition) is 2. The van der Waals surface area contributed by atoms with E-state index >= 15 is 0 Å². The first-order valence-corrected chi connectivity index (χ1v) is 8.61. The second kappa shape index (κ2) is 6.86. The molecule has 134 valence electrons. The molecule has 1 saturated heterocycles. The summed E-state index contributed by atoms with van der Waals surface area (Å²) < 4.78 is 7.87. The van der Waals surface area contributed by atoms with Crippen LogP contribution in [0.25, 0.3) is 11.0 Å². The van der Waals surface area contributed by atoms with Gasteiger partial charge in [-0.1, -0.05) is 25.1 Å². The van der Waals surface area contributed by atoms with Gasteiger partial charge >= 0.3 is 0 Å². The van der Waals surface area contributed by atoms with Crippen LogP contribution in [0, 0.1) is 5.92 Å². The SMILES string of the molecule is C[C@H]1C[C@@H](CO)O[C@H]1n1ccc2c(NC(=O)c3ccccc3)ncnc21. The average Bonchev–Trinajstić information content (AvgIpc) is 3.26. The molecule has 7 heteroatoms. The Balaban J connectivity index is 1.64. The van der Waals surface area contributed by atoms with E-state index in [9.17, 15) is 9.90 Å². The van der Waals surface area contributed by atoms with Crippen molar-refractivity contribution in [3.05, 3.63) is 54.5 Å². The Morgan fingerprint density at radius 2 is 2.12 bits per heavy atom. The molecule has 0 unspecified atom stereocenters. The molecule has 2 N–H and O–H groups in total. The summed E-state index contributed by atoms with van der Waals surface area (Å²) in [7, 11) is 0. The fourth-order valence-electron chi connectivity index (χ4n) is 3.42. The van der Waals surface area contributed by atoms with E-state index in [1.807, 2.05) is 35.0 Å². The van der Waals surface area contributed by atoms with Crippen LogP contribution in [0.4, 0.5) is 5.82 Å². The molecular weight excluding hydrogens is 332 g/mol. The fourth-order valence-corrected chi connectivity index (χ4v) is 3.42. The van der Waals surface area contributed by atoms with Gasteiger partial charge in [0.05, 0.1) is 18.1 Å². The number of ether oxygens (including phenoxy) is 1. The molecular formula is C19H20N4O3. The van der Waals surface area contributed by atoms with Crippen molar-refractivity contribution in [1.82, 2.24) is 14.5 Å². The smallest absolute Gasteiger partial charge is 0.256 e. The normalized spacial score (nSPS) is 22.6. The number of fused-ring (bicyclic) bond motifs is 1. The van der Waals surface area contributed by atoms with Gasteiger partial charge in [0.2, 0.25) is 0 Å². The van der Waals surface area contributed by atoms with Crippen molar-refractivity contribution in [1.29, 1.82) is 0 Å². The molecule has 1 aromatic carbocycles. The monoisotopic (exact) mass is 352 g/mol. The second-order valence-electron chi connectivity index (χ2n) is 6.55. The van der Waals surface area contributed by atoms with Crippen molar-refractivity contribution < 1.29 is 14.6 Å². The molecule has 0 aliphatic carbocycles. The van der Waals surface area contributed by atoms with Gasteiger partial charge in [0.25, 0.3) is 5.91 Å². The van der Waals surface area contributed by atoms with Crippen molar-refractivity contribution in [2.45, 2.75) is 25.7 Å². The zero-order valence-corrected chi connectivity index (χ0v) is 14.4. The highest BCUT2D eigenvalue weighted by Gasteiger charge is 2.33. The number of aromatic nitrogens is 3. The fraction of sp³-hybridized carbons (Fsp3) is 0.316. The van der Waals surface area contributed by atoms with Gasteiger partial charge in [-0.25, -0.2) is 9.97 Å². The Morgan fingerprint density at radius 3 is 2.85 bits per heavy atom. The molecule has 3 aromatic rings. The van der Waals surface area contributed by atoms with Gasteiger partial charge in [0.1, 0.15) is 24.0 Å². The number of nitrogens with one attached hydrogen (secondary N) is 1. The van der Waals surface area contributed by atoms with E-state index in [1.165, 1.54) is 6.33 Å². The van der Waals surface area contributed by atoms with E-state index in [1.54, 1.807) is 12.1 Å². The van der Waals surface area contributed by atoms with Gasteiger partial charge in [-0.05, 0) is 24.6 Å². The summed E-state index contributed by atoms with van der Waals surface area (Å²) in [5.74, 6) is 0.496. The Labute approximate surface area is 150 Å². The summed E-state index contributed by atoms with van der Waals surface area (Å²) in [6.07, 6.45) is 3.76. The highest BCUT2D eigenvalue weighted by atomic mass is 16.5. The molecule has 0 saturated carbocycles. The lowest BCUT2D eigenvalue weighted by atomic mass is 10.1. The van der Waals surface area contributed by atoms with Crippen LogP contribution in [0.15, 0.2) is 48.9 Å². The van der Waals surface area contributed by atoms with Gasteiger partial charge in [-0.3, -0.25) is 4.79 Å². The minimum absolute atomic E-state index is 0.00735. The Bertz CT molecular complexity index is 925. The molecule has 0 bridgehead atoms. The van der Waals surface area contributed by atoms with Crippen LogP contribution >= 0.6 is 0 Å². The first kappa shape index (κ1) is 16.7. The Morgan fingerprint density at radius 1 is 1.31 bits per heavy atom. The summed E-state index contributed by atoms with van der Waals surface area (Å²) >= 11 is 0. The Hall–Kier alpha value is -2.77. The zero-order chi connectivity index (χ0) is 18.1. The highest BCUT2D eigenvalue weighted by Crippen LogP contribution is 2.36. The number of benzene rings is 1. The summed E-state index contributed by atoms with van der Waals surface area (Å²) in [6.45, 7) is 2.10. The largest absolute Gasteiger partial charge is 0.394 e. The molecule has 1 fully saturated rings. The molecule has 2 aromatic heterocycles. The van der Waals surface area contributed by atoms with Gasteiger partial charge in [-0.15, -0.1) is 0 Å². The summed E-state index contributed by atoms with van der Waals surface area (Å²) in [6, 6.07) is 10.9. The first-order valence-electron chi connectivity index (χ1n) is 8.61. The van der Waals surface area contributed by atoms with E-state index in [-0.39, 0.29) is 30.8 Å². The third-order valence-corrected chi connectivity index (χ3v) is 4.71. The number of aliphatic hydroxyl groups is 1. The van der Waals surface area contributed by atoms with Gasteiger partial charge in [0, 0.05) is 17.7 Å². The lowest BCUT2D eigenvalue weighted by molar-refractivity contribution is -0.0291. The number of amides is 1. The maximum absolute atomic E-state index is 12.4. The first-order chi connectivity index (χ1) is 12.7. The quantitative estimate of drug-likeness (QED) is 0.753. The summed E-state index contributed by atoms with van der Waals surface area (Å²) in [5.41, 5.74) is 1.26. The van der Waals surface area contributed by atoms with Gasteiger partial charge in [-0.2, -0.15) is 0 Å². The number of carbonyl (C=O) groups is 1. The predicted molar refractivity (Wildman–Crippen MR) is 96.7 cm³/mol. The van der Waals surface area contributed by atoms with E-state index in [0.717, 1.165) is 11.8 Å². The van der Waals surface area contributed by atoms with E-state index in [0.29, 0.717) is 17.0 Å². The number of anilines is 1. The van der Waals surface area contributed by atoms with Crippen molar-refractivity contribution in [2.24, 2.45) is 5.92 Å². The lowest BCUT2D eigenvalue weighted by Crippen LogP contribution is -2.16. The molecule has 1 aliphatic heterocycles. The van der Waals surface area contributed by atoms with Crippen molar-refractivity contribution in [3.8, 4) is 0 Å². The van der Waals surface area contributed by atoms with Crippen LogP contribution in [0.2, 0.25) is 0 Å². The van der Waals surface area contributed by atoms with Crippen LogP contribution in [0.1, 0.15) is 29.9 Å². The predicted octanol–water partition coefficient (Wildman–Crippen LogP) is 2.60. The molecule has 0 radical (unpaired) electrons. The second-order valence-corrected chi connectivity index (χ2v) is 6.55. The lowest BCUT2D eigenvalue weighted by Gasteiger charge is -2.18. The topological polar surface area (TPSA) is 89.3 Å². The van der Waals surface area contributed by atoms with E-state index < -0.39 is 0 Å². The summed E-state index contributed by atoms with van der Waals surface area (Å²) in [4.78, 5) is 21.0. The molecule has 7 nitrogen and oxygen atoms in total.